The molecule has 0 amide bonds. The van der Waals surface area contributed by atoms with E-state index in [9.17, 15) is 36.9 Å². The summed E-state index contributed by atoms with van der Waals surface area (Å²) in [4.78, 5) is 19.0. The zero-order valence-electron chi connectivity index (χ0n) is 31.6. The van der Waals surface area contributed by atoms with E-state index in [1.807, 2.05) is 0 Å². The average Bonchev–Trinajstić information content (AvgIpc) is 3.67. The third-order valence-electron chi connectivity index (χ3n) is 11.2. The molecule has 1 unspecified atom stereocenters. The van der Waals surface area contributed by atoms with Crippen LogP contribution in [-0.2, 0) is 46.0 Å². The number of Topliss-reactive ketones (excluding diaryl/α,β-unsaturated/α-hetero) is 1. The van der Waals surface area contributed by atoms with Gasteiger partial charge in [-0.25, -0.2) is 22.5 Å². The number of nitriles is 1. The first-order valence-corrected chi connectivity index (χ1v) is 21.3. The first-order chi connectivity index (χ1) is 27.7. The van der Waals surface area contributed by atoms with Gasteiger partial charge in [0, 0.05) is 72.5 Å². The van der Waals surface area contributed by atoms with Gasteiger partial charge in [0.2, 0.25) is 0 Å². The summed E-state index contributed by atoms with van der Waals surface area (Å²) >= 11 is 6.72. The second-order valence-electron chi connectivity index (χ2n) is 16.0. The molecule has 3 heterocycles. The lowest BCUT2D eigenvalue weighted by Crippen LogP contribution is -2.41. The van der Waals surface area contributed by atoms with E-state index in [1.54, 1.807) is 31.3 Å². The standard InChI is InChI=1S/C42H35ClF6N6O3S/c1-54-38-29(6-7-32(43)35(38)33(52-54)20-59(2,3)58)28-5-4-26(8-9-41(57)16-22(17-41)18-50)51-36(28)23(10-21-11-24(44)14-25(45)12-21)13-27(56)19-55-39-34(37(53-55)40(46)47)30-15-31(30)42(39,48)49/h4-7,11-12,14,22-23,30-31,40,57H,2,10,13,15-17,19-20H2,1,3H3/t22?,23-,30+,31-,41?,59?/m1/s1. The lowest BCUT2D eigenvalue weighted by molar-refractivity contribution is -0.120. The number of halogens is 7. The third-order valence-corrected chi connectivity index (χ3v) is 12.4. The van der Waals surface area contributed by atoms with Crippen LogP contribution in [0.1, 0.15) is 83.5 Å². The van der Waals surface area contributed by atoms with Crippen LogP contribution in [0.5, 0.6) is 0 Å². The summed E-state index contributed by atoms with van der Waals surface area (Å²) in [7, 11) is -0.937. The molecule has 59 heavy (non-hydrogen) atoms. The molecule has 2 saturated carbocycles. The number of aromatic nitrogens is 5. The van der Waals surface area contributed by atoms with Crippen LogP contribution in [0.3, 0.4) is 0 Å². The van der Waals surface area contributed by atoms with Crippen LogP contribution in [0.4, 0.5) is 26.3 Å². The molecule has 2 aromatic carbocycles. The average molecular weight is 853 g/mol. The zero-order chi connectivity index (χ0) is 42.3. The van der Waals surface area contributed by atoms with Crippen molar-refractivity contribution >= 4 is 43.7 Å². The van der Waals surface area contributed by atoms with Crippen molar-refractivity contribution in [3.05, 3.63) is 98.7 Å². The zero-order valence-corrected chi connectivity index (χ0v) is 33.2. The highest BCUT2D eigenvalue weighted by Gasteiger charge is 2.67. The van der Waals surface area contributed by atoms with Gasteiger partial charge in [-0.3, -0.25) is 18.4 Å². The smallest absolute Gasteiger partial charge is 0.293 e. The molecule has 4 atom stereocenters. The number of ketones is 1. The van der Waals surface area contributed by atoms with Crippen LogP contribution in [-0.4, -0.2) is 57.4 Å². The summed E-state index contributed by atoms with van der Waals surface area (Å²) in [5, 5.41) is 29.3. The quantitative estimate of drug-likeness (QED) is 0.0818. The van der Waals surface area contributed by atoms with E-state index in [-0.39, 0.29) is 59.9 Å². The molecule has 0 radical (unpaired) electrons. The molecule has 17 heteroatoms. The minimum absolute atomic E-state index is 0.00405. The summed E-state index contributed by atoms with van der Waals surface area (Å²) in [5.74, 6) is 0.0745. The van der Waals surface area contributed by atoms with Crippen LogP contribution in [0.25, 0.3) is 22.0 Å². The molecular weight excluding hydrogens is 818 g/mol. The van der Waals surface area contributed by atoms with Gasteiger partial charge in [-0.05, 0) is 76.0 Å². The number of aliphatic hydroxyl groups is 1. The van der Waals surface area contributed by atoms with Crippen molar-refractivity contribution in [2.75, 3.05) is 6.26 Å². The predicted octanol–water partition coefficient (Wildman–Crippen LogP) is 7.76. The molecule has 9 nitrogen and oxygen atoms in total. The Bertz CT molecular complexity index is 2780. The molecule has 3 aromatic heterocycles. The maximum absolute atomic E-state index is 15.5. The Hall–Kier alpha value is -5.16. The van der Waals surface area contributed by atoms with Gasteiger partial charge >= 0.3 is 0 Å². The number of fused-ring (bicyclic) bond motifs is 4. The lowest BCUT2D eigenvalue weighted by atomic mass is 9.72. The Kier molecular flexibility index (Phi) is 10.0. The molecule has 0 aliphatic heterocycles. The number of carbonyl (C=O) groups is 1. The SMILES string of the molecule is C=S(C)(=O)Cc1nn(C)c2c(-c3ccc(C#CC4(O)CC(C#N)C4)nc3[C@@H](CC(=O)Cn3nc(C(F)F)c4c3C(F)(F)[C@@H]3C[C@H]43)Cc3cc(F)cc(F)c3)ccc(Cl)c12. The summed E-state index contributed by atoms with van der Waals surface area (Å²) in [5.41, 5.74) is -0.949. The van der Waals surface area contributed by atoms with Crippen molar-refractivity contribution in [2.45, 2.75) is 74.2 Å². The van der Waals surface area contributed by atoms with Gasteiger partial charge in [0.1, 0.15) is 40.9 Å². The van der Waals surface area contributed by atoms with E-state index in [2.05, 4.69) is 34.0 Å². The summed E-state index contributed by atoms with van der Waals surface area (Å²) in [6.45, 7) is -0.794. The normalized spacial score (nSPS) is 22.8. The van der Waals surface area contributed by atoms with Crippen LogP contribution in [0, 0.1) is 46.6 Å². The fourth-order valence-corrected chi connectivity index (χ4v) is 9.68. The van der Waals surface area contributed by atoms with E-state index in [0.29, 0.717) is 43.5 Å². The number of aryl methyl sites for hydroxylation is 1. The minimum atomic E-state index is -3.47. The van der Waals surface area contributed by atoms with Crippen LogP contribution >= 0.6 is 11.6 Å². The summed E-state index contributed by atoms with van der Waals surface area (Å²) in [6.07, 6.45) is -2.07. The number of pyridine rings is 1. The van der Waals surface area contributed by atoms with Gasteiger partial charge in [0.15, 0.2) is 5.78 Å². The number of rotatable bonds is 11. The maximum Gasteiger partial charge on any atom is 0.293 e. The number of alkyl halides is 4. The van der Waals surface area contributed by atoms with Crippen molar-refractivity contribution < 1.29 is 40.5 Å². The van der Waals surface area contributed by atoms with Gasteiger partial charge in [-0.15, -0.1) is 0 Å². The molecule has 0 saturated heterocycles. The molecule has 2 fully saturated rings. The van der Waals surface area contributed by atoms with Gasteiger partial charge in [-0.2, -0.15) is 24.2 Å². The van der Waals surface area contributed by atoms with E-state index < -0.39 is 87.0 Å². The predicted molar refractivity (Wildman–Crippen MR) is 208 cm³/mol. The summed E-state index contributed by atoms with van der Waals surface area (Å²) in [6, 6.07) is 11.4. The Balaban J connectivity index is 1.27. The molecule has 3 aliphatic carbocycles. The van der Waals surface area contributed by atoms with Gasteiger partial charge in [-0.1, -0.05) is 23.6 Å². The number of nitrogens with zero attached hydrogens (tertiary/aromatic N) is 6. The van der Waals surface area contributed by atoms with Crippen LogP contribution < -0.4 is 0 Å². The van der Waals surface area contributed by atoms with Crippen molar-refractivity contribution in [1.29, 1.82) is 5.26 Å². The molecule has 5 aromatic rings. The molecule has 306 valence electrons. The number of carbonyl (C=O) groups excluding carboxylic acids is 1. The van der Waals surface area contributed by atoms with Crippen LogP contribution in [0.2, 0.25) is 5.02 Å². The summed E-state index contributed by atoms with van der Waals surface area (Å²) < 4.78 is 103. The Morgan fingerprint density at radius 3 is 2.46 bits per heavy atom. The maximum atomic E-state index is 15.5. The van der Waals surface area contributed by atoms with E-state index in [4.69, 9.17) is 16.6 Å². The lowest BCUT2D eigenvalue weighted by Gasteiger charge is -2.35. The van der Waals surface area contributed by atoms with Gasteiger partial charge in [0.05, 0.1) is 39.7 Å². The molecule has 0 spiro atoms. The molecule has 3 aliphatic rings. The van der Waals surface area contributed by atoms with Gasteiger partial charge in [0.25, 0.3) is 12.3 Å². The number of benzene rings is 2. The van der Waals surface area contributed by atoms with E-state index in [1.165, 1.54) is 10.9 Å². The molecule has 8 rings (SSSR count). The van der Waals surface area contributed by atoms with Crippen molar-refractivity contribution in [3.63, 3.8) is 0 Å². The Morgan fingerprint density at radius 1 is 1.10 bits per heavy atom. The van der Waals surface area contributed by atoms with E-state index >= 15 is 8.78 Å². The van der Waals surface area contributed by atoms with Crippen molar-refractivity contribution in [2.24, 2.45) is 18.9 Å². The second kappa shape index (κ2) is 14.5. The largest absolute Gasteiger partial charge is 0.378 e. The molecular formula is C42H35ClF6N6O3S. The van der Waals surface area contributed by atoms with Gasteiger partial charge < -0.3 is 5.11 Å². The first kappa shape index (κ1) is 40.6. The van der Waals surface area contributed by atoms with E-state index in [0.717, 1.165) is 12.1 Å². The highest BCUT2D eigenvalue weighted by Crippen LogP contribution is 2.68. The molecule has 0 bridgehead atoms. The first-order valence-electron chi connectivity index (χ1n) is 18.6. The topological polar surface area (TPSA) is 127 Å². The second-order valence-corrected chi connectivity index (χ2v) is 19.0. The van der Waals surface area contributed by atoms with Crippen molar-refractivity contribution in [1.82, 2.24) is 24.5 Å². The molecule has 1 N–H and O–H groups in total. The third kappa shape index (κ3) is 7.62. The van der Waals surface area contributed by atoms with Crippen LogP contribution in [0.15, 0.2) is 42.5 Å². The number of hydrogen-bond donors (Lipinski definition) is 1. The fraction of sp³-hybridized carbons (Fsp3) is 0.381. The minimum Gasteiger partial charge on any atom is -0.378 e. The fourth-order valence-electron chi connectivity index (χ4n) is 8.64. The monoisotopic (exact) mass is 852 g/mol. The Labute approximate surface area is 340 Å². The highest BCUT2D eigenvalue weighted by molar-refractivity contribution is 7.98. The number of hydrogen-bond acceptors (Lipinski definition) is 7. The van der Waals surface area contributed by atoms with Crippen molar-refractivity contribution in [3.8, 4) is 29.0 Å². The highest BCUT2D eigenvalue weighted by atomic mass is 35.5. The Morgan fingerprint density at radius 2 is 1.80 bits per heavy atom.